The van der Waals surface area contributed by atoms with Crippen molar-refractivity contribution in [2.75, 3.05) is 10.6 Å². The molecule has 0 aliphatic rings. The van der Waals surface area contributed by atoms with Gasteiger partial charge in [-0.3, -0.25) is 0 Å². The largest absolute Gasteiger partial charge is 0.478 e. The number of aromatic nitrogens is 3. The topological polar surface area (TPSA) is 212 Å². The molecular weight excluding hydrogens is 498 g/mol. The van der Waals surface area contributed by atoms with Crippen molar-refractivity contribution in [3.8, 4) is 11.4 Å². The summed E-state index contributed by atoms with van der Waals surface area (Å²) in [4.78, 5) is 58.7. The van der Waals surface area contributed by atoms with Crippen LogP contribution in [0.15, 0.2) is 66.7 Å². The summed E-state index contributed by atoms with van der Waals surface area (Å²) >= 11 is 0. The normalized spacial score (nSPS) is 10.4. The van der Waals surface area contributed by atoms with Gasteiger partial charge >= 0.3 is 23.9 Å². The second-order valence-corrected chi connectivity index (χ2v) is 7.66. The number of hydrogen-bond donors (Lipinski definition) is 6. The second-order valence-electron chi connectivity index (χ2n) is 7.66. The van der Waals surface area contributed by atoms with Gasteiger partial charge in [0, 0.05) is 16.9 Å². The molecule has 13 heteroatoms. The van der Waals surface area contributed by atoms with Gasteiger partial charge in [-0.15, -0.1) is 0 Å². The summed E-state index contributed by atoms with van der Waals surface area (Å²) in [7, 11) is 0. The minimum atomic E-state index is -1.44. The standard InChI is InChI=1S/C25H17N5O8/c31-20(32)15-8-6-13(10-17(15)22(35)36)26-24-28-19(12-4-2-1-3-5-12)29-25(30-24)27-14-7-9-16(21(33)34)18(11-14)23(37)38/h1-11H,(H,31,32)(H,33,34)(H,35,36)(H,37,38)(H2,26,27,28,29,30). The summed E-state index contributed by atoms with van der Waals surface area (Å²) in [5, 5.41) is 42.9. The van der Waals surface area contributed by atoms with Crippen LogP contribution in [0.25, 0.3) is 11.4 Å². The fourth-order valence-corrected chi connectivity index (χ4v) is 3.43. The predicted octanol–water partition coefficient (Wildman–Crippen LogP) is 3.82. The van der Waals surface area contributed by atoms with E-state index < -0.39 is 46.1 Å². The first-order valence-electron chi connectivity index (χ1n) is 10.7. The average Bonchev–Trinajstić information content (AvgIpc) is 2.88. The van der Waals surface area contributed by atoms with E-state index in [9.17, 15) is 39.6 Å². The van der Waals surface area contributed by atoms with Crippen LogP contribution in [0.3, 0.4) is 0 Å². The number of carbonyl (C=O) groups is 4. The summed E-state index contributed by atoms with van der Waals surface area (Å²) in [6, 6.07) is 16.0. The quantitative estimate of drug-likeness (QED) is 0.187. The molecule has 38 heavy (non-hydrogen) atoms. The van der Waals surface area contributed by atoms with E-state index >= 15 is 0 Å². The molecule has 190 valence electrons. The average molecular weight is 515 g/mol. The van der Waals surface area contributed by atoms with Crippen molar-refractivity contribution in [3.05, 3.63) is 89.0 Å². The maximum Gasteiger partial charge on any atom is 0.336 e. The van der Waals surface area contributed by atoms with Crippen molar-refractivity contribution in [1.29, 1.82) is 0 Å². The van der Waals surface area contributed by atoms with Crippen molar-refractivity contribution >= 4 is 47.1 Å². The van der Waals surface area contributed by atoms with Gasteiger partial charge in [-0.05, 0) is 36.4 Å². The zero-order chi connectivity index (χ0) is 27.4. The molecule has 0 fully saturated rings. The van der Waals surface area contributed by atoms with Crippen LogP contribution in [0.1, 0.15) is 41.4 Å². The highest BCUT2D eigenvalue weighted by atomic mass is 16.4. The van der Waals surface area contributed by atoms with Gasteiger partial charge in [0.2, 0.25) is 11.9 Å². The Balaban J connectivity index is 1.75. The Morgan fingerprint density at radius 3 is 1.34 bits per heavy atom. The number of nitrogens with zero attached hydrogens (tertiary/aromatic N) is 3. The minimum absolute atomic E-state index is 0.0404. The van der Waals surface area contributed by atoms with Gasteiger partial charge in [0.15, 0.2) is 5.82 Å². The van der Waals surface area contributed by atoms with Crippen LogP contribution in [-0.4, -0.2) is 59.3 Å². The Hall–Kier alpha value is -5.85. The van der Waals surface area contributed by atoms with E-state index in [1.807, 2.05) is 0 Å². The van der Waals surface area contributed by atoms with E-state index in [0.717, 1.165) is 24.3 Å². The lowest BCUT2D eigenvalue weighted by atomic mass is 10.1. The number of anilines is 4. The lowest BCUT2D eigenvalue weighted by Gasteiger charge is -2.12. The molecular formula is C25H17N5O8. The van der Waals surface area contributed by atoms with E-state index in [1.165, 1.54) is 12.1 Å². The lowest BCUT2D eigenvalue weighted by Crippen LogP contribution is -2.10. The Kier molecular flexibility index (Phi) is 6.92. The van der Waals surface area contributed by atoms with Gasteiger partial charge in [-0.2, -0.15) is 15.0 Å². The van der Waals surface area contributed by atoms with Crippen LogP contribution in [0.5, 0.6) is 0 Å². The monoisotopic (exact) mass is 515 g/mol. The molecule has 0 spiro atoms. The smallest absolute Gasteiger partial charge is 0.336 e. The SMILES string of the molecule is O=C(O)c1ccc(Nc2nc(Nc3ccc(C(=O)O)c(C(=O)O)c3)nc(-c3ccccc3)n2)cc1C(=O)O. The zero-order valence-electron chi connectivity index (χ0n) is 19.1. The van der Waals surface area contributed by atoms with Crippen LogP contribution in [0.2, 0.25) is 0 Å². The number of carboxylic acids is 4. The molecule has 0 aliphatic carbocycles. The van der Waals surface area contributed by atoms with E-state index in [0.29, 0.717) is 5.56 Å². The maximum absolute atomic E-state index is 11.5. The van der Waals surface area contributed by atoms with Gasteiger partial charge in [0.05, 0.1) is 22.3 Å². The molecule has 13 nitrogen and oxygen atoms in total. The molecule has 0 atom stereocenters. The molecule has 0 unspecified atom stereocenters. The van der Waals surface area contributed by atoms with Crippen molar-refractivity contribution in [2.45, 2.75) is 0 Å². The van der Waals surface area contributed by atoms with Crippen molar-refractivity contribution < 1.29 is 39.6 Å². The van der Waals surface area contributed by atoms with Crippen molar-refractivity contribution in [3.63, 3.8) is 0 Å². The number of carboxylic acid groups (broad SMARTS) is 4. The highest BCUT2D eigenvalue weighted by Crippen LogP contribution is 2.25. The van der Waals surface area contributed by atoms with Crippen LogP contribution in [0.4, 0.5) is 23.3 Å². The molecule has 3 aromatic carbocycles. The molecule has 4 aromatic rings. The van der Waals surface area contributed by atoms with Crippen LogP contribution in [-0.2, 0) is 0 Å². The molecule has 0 amide bonds. The van der Waals surface area contributed by atoms with E-state index in [1.54, 1.807) is 30.3 Å². The fourth-order valence-electron chi connectivity index (χ4n) is 3.43. The Morgan fingerprint density at radius 2 is 0.947 bits per heavy atom. The number of benzene rings is 3. The molecule has 6 N–H and O–H groups in total. The predicted molar refractivity (Wildman–Crippen MR) is 133 cm³/mol. The Morgan fingerprint density at radius 1 is 0.526 bits per heavy atom. The van der Waals surface area contributed by atoms with Crippen molar-refractivity contribution in [2.24, 2.45) is 0 Å². The van der Waals surface area contributed by atoms with Crippen molar-refractivity contribution in [1.82, 2.24) is 15.0 Å². The third-order valence-corrected chi connectivity index (χ3v) is 5.14. The lowest BCUT2D eigenvalue weighted by molar-refractivity contribution is 0.0651. The molecule has 0 radical (unpaired) electrons. The summed E-state index contributed by atoms with van der Waals surface area (Å²) < 4.78 is 0. The number of nitrogens with one attached hydrogen (secondary N) is 2. The van der Waals surface area contributed by atoms with Crippen LogP contribution < -0.4 is 10.6 Å². The third-order valence-electron chi connectivity index (χ3n) is 5.14. The third kappa shape index (κ3) is 5.52. The number of hydrogen-bond acceptors (Lipinski definition) is 9. The molecule has 0 saturated heterocycles. The molecule has 4 rings (SSSR count). The minimum Gasteiger partial charge on any atom is -0.478 e. The highest BCUT2D eigenvalue weighted by molar-refractivity contribution is 6.03. The summed E-state index contributed by atoms with van der Waals surface area (Å²) in [6.45, 7) is 0. The van der Waals surface area contributed by atoms with Gasteiger partial charge in [-0.1, -0.05) is 30.3 Å². The summed E-state index contributed by atoms with van der Waals surface area (Å²) in [6.07, 6.45) is 0. The fraction of sp³-hybridized carbons (Fsp3) is 0. The van der Waals surface area contributed by atoms with Gasteiger partial charge in [0.25, 0.3) is 0 Å². The molecule has 0 aliphatic heterocycles. The highest BCUT2D eigenvalue weighted by Gasteiger charge is 2.19. The van der Waals surface area contributed by atoms with Crippen LogP contribution in [0, 0.1) is 0 Å². The molecule has 1 heterocycles. The number of rotatable bonds is 9. The zero-order valence-corrected chi connectivity index (χ0v) is 19.1. The first-order valence-corrected chi connectivity index (χ1v) is 10.7. The molecule has 0 bridgehead atoms. The maximum atomic E-state index is 11.5. The Labute approximate surface area is 213 Å². The number of aromatic carboxylic acids is 4. The van der Waals surface area contributed by atoms with Crippen LogP contribution >= 0.6 is 0 Å². The molecule has 1 aromatic heterocycles. The first-order chi connectivity index (χ1) is 18.1. The second kappa shape index (κ2) is 10.4. The summed E-state index contributed by atoms with van der Waals surface area (Å²) in [5.41, 5.74) is -0.725. The van der Waals surface area contributed by atoms with Gasteiger partial charge in [-0.25, -0.2) is 19.2 Å². The van der Waals surface area contributed by atoms with E-state index in [-0.39, 0.29) is 29.1 Å². The Bertz CT molecular complexity index is 1490. The first kappa shape index (κ1) is 25.2. The molecule has 0 saturated carbocycles. The van der Waals surface area contributed by atoms with Gasteiger partial charge in [0.1, 0.15) is 0 Å². The van der Waals surface area contributed by atoms with E-state index in [2.05, 4.69) is 25.6 Å². The van der Waals surface area contributed by atoms with E-state index in [4.69, 9.17) is 0 Å². The summed E-state index contributed by atoms with van der Waals surface area (Å²) in [5.74, 6) is -5.56. The van der Waals surface area contributed by atoms with Gasteiger partial charge < -0.3 is 31.1 Å².